The van der Waals surface area contributed by atoms with Crippen molar-refractivity contribution in [2.24, 2.45) is 17.3 Å². The Balaban J connectivity index is 1.15. The summed E-state index contributed by atoms with van der Waals surface area (Å²) >= 11 is 1.52. The van der Waals surface area contributed by atoms with Gasteiger partial charge in [-0.3, -0.25) is 19.1 Å². The molecule has 2 amide bonds. The fourth-order valence-corrected chi connectivity index (χ4v) is 11.4. The molecule has 11 nitrogen and oxygen atoms in total. The van der Waals surface area contributed by atoms with Crippen LogP contribution in [0.2, 0.25) is 0 Å². The van der Waals surface area contributed by atoms with E-state index in [1.165, 1.54) is 11.3 Å². The van der Waals surface area contributed by atoms with Crippen LogP contribution >= 0.6 is 11.3 Å². The van der Waals surface area contributed by atoms with E-state index in [1.54, 1.807) is 18.9 Å². The molecular formula is C48H58N4O7S2. The van der Waals surface area contributed by atoms with Crippen molar-refractivity contribution in [3.05, 3.63) is 82.4 Å². The molecule has 1 N–H and O–H groups in total. The van der Waals surface area contributed by atoms with Crippen LogP contribution in [0.4, 0.5) is 0 Å². The molecule has 13 heteroatoms. The largest absolute Gasteiger partial charge is 0.496 e. The zero-order valence-corrected chi connectivity index (χ0v) is 37.8. The van der Waals surface area contributed by atoms with Crippen LogP contribution in [0.15, 0.2) is 60.0 Å². The SMILES string of the molecule is COc1ccc2c(O[C@@H]3C[C@H]4C(=O)C[C@]5(C(=O)NS(=O)(=O)C6(C)CC6)C[C@H]5/C=C\CCCCC[C@H](Cc5ccc(C)cc5)C(=O)N4C3)cc(-c3nc(C(C)C)cs3)nc2c1C. The highest BCUT2D eigenvalue weighted by Crippen LogP contribution is 2.58. The number of Topliss-reactive ketones (excluding diaryl/α,β-unsaturated/α-hetero) is 1. The minimum absolute atomic E-state index is 0.0991. The number of methoxy groups -OCH3 is 1. The van der Waals surface area contributed by atoms with Gasteiger partial charge in [0.2, 0.25) is 21.8 Å². The van der Waals surface area contributed by atoms with Crippen molar-refractivity contribution in [2.45, 2.75) is 128 Å². The third kappa shape index (κ3) is 8.74. The number of benzene rings is 2. The number of aromatic nitrogens is 2. The van der Waals surface area contributed by atoms with Crippen LogP contribution in [0, 0.1) is 31.1 Å². The Morgan fingerprint density at radius 1 is 1.03 bits per heavy atom. The Morgan fingerprint density at radius 3 is 2.51 bits per heavy atom. The van der Waals surface area contributed by atoms with Gasteiger partial charge in [-0.2, -0.15) is 0 Å². The smallest absolute Gasteiger partial charge is 0.240 e. The first-order valence-corrected chi connectivity index (χ1v) is 24.2. The fraction of sp³-hybridized carbons (Fsp3) is 0.521. The molecule has 0 bridgehead atoms. The number of hydrogen-bond donors (Lipinski definition) is 1. The van der Waals surface area contributed by atoms with E-state index in [-0.39, 0.29) is 48.8 Å². The lowest BCUT2D eigenvalue weighted by Gasteiger charge is -2.29. The summed E-state index contributed by atoms with van der Waals surface area (Å²) in [6, 6.07) is 13.1. The van der Waals surface area contributed by atoms with E-state index >= 15 is 4.79 Å². The molecule has 2 saturated carbocycles. The number of hydrogen-bond acceptors (Lipinski definition) is 10. The number of carbonyl (C=O) groups is 3. The number of carbonyl (C=O) groups excluding carboxylic acids is 3. The summed E-state index contributed by atoms with van der Waals surface area (Å²) in [4.78, 5) is 55.7. The standard InChI is InChI=1S/C48H58N4O7S2/c1-29(2)38-28-60-44(50-38)37-24-42(36-18-19-41(58-6)31(4)43(36)49-37)59-35-23-39-40(53)26-48(46(55)51-61(56,57)47(5)20-21-47)25-34(48)13-11-9-7-8-10-12-33(45(54)52(39)27-35)22-32-16-14-30(3)15-17-32/h11,13-19,24,28-29,33-35,39H,7-10,12,20-23,25-27H2,1-6H3,(H,51,55)/b13-11-/t33-,34-,35-,39+,48-/m1/s1. The highest BCUT2D eigenvalue weighted by Gasteiger charge is 2.62. The summed E-state index contributed by atoms with van der Waals surface area (Å²) in [6.45, 7) is 10.0. The van der Waals surface area contributed by atoms with Crippen LogP contribution in [-0.2, 0) is 30.8 Å². The number of rotatable bonds is 10. The Bertz CT molecular complexity index is 2470. The second-order valence-corrected chi connectivity index (χ2v) is 21.5. The zero-order chi connectivity index (χ0) is 43.3. The first-order valence-electron chi connectivity index (χ1n) is 21.8. The molecule has 0 radical (unpaired) electrons. The topological polar surface area (TPSA) is 145 Å². The van der Waals surface area contributed by atoms with E-state index in [0.717, 1.165) is 58.5 Å². The molecule has 2 aliphatic heterocycles. The predicted octanol–water partition coefficient (Wildman–Crippen LogP) is 8.80. The van der Waals surface area contributed by atoms with E-state index in [4.69, 9.17) is 19.4 Å². The van der Waals surface area contributed by atoms with Crippen LogP contribution < -0.4 is 14.2 Å². The average Bonchev–Trinajstić information content (AvgIpc) is 4.00. The molecule has 5 atom stereocenters. The highest BCUT2D eigenvalue weighted by atomic mass is 32.2. The van der Waals surface area contributed by atoms with Crippen LogP contribution in [-0.4, -0.2) is 71.4 Å². The van der Waals surface area contributed by atoms with Crippen LogP contribution in [0.1, 0.15) is 113 Å². The number of thiazole rings is 1. The molecule has 4 aliphatic rings. The first kappa shape index (κ1) is 43.0. The Labute approximate surface area is 363 Å². The van der Waals surface area contributed by atoms with Crippen molar-refractivity contribution < 1.29 is 32.3 Å². The minimum atomic E-state index is -3.93. The molecule has 2 aliphatic carbocycles. The lowest BCUT2D eigenvalue weighted by Crippen LogP contribution is -2.47. The normalized spacial score (nSPS) is 25.9. The summed E-state index contributed by atoms with van der Waals surface area (Å²) in [7, 11) is -2.30. The lowest BCUT2D eigenvalue weighted by molar-refractivity contribution is -0.142. The molecule has 2 aromatic carbocycles. The van der Waals surface area contributed by atoms with Crippen molar-refractivity contribution in [2.75, 3.05) is 13.7 Å². The third-order valence-electron chi connectivity index (χ3n) is 13.6. The van der Waals surface area contributed by atoms with Crippen molar-refractivity contribution in [3.63, 3.8) is 0 Å². The van der Waals surface area contributed by atoms with E-state index in [0.29, 0.717) is 54.8 Å². The van der Waals surface area contributed by atoms with Crippen molar-refractivity contribution in [1.29, 1.82) is 0 Å². The first-order chi connectivity index (χ1) is 29.1. The second-order valence-electron chi connectivity index (χ2n) is 18.5. The lowest BCUT2D eigenvalue weighted by atomic mass is 9.90. The van der Waals surface area contributed by atoms with Gasteiger partial charge in [0.25, 0.3) is 0 Å². The van der Waals surface area contributed by atoms with Crippen LogP contribution in [0.3, 0.4) is 0 Å². The van der Waals surface area contributed by atoms with Crippen molar-refractivity contribution in [3.8, 4) is 22.2 Å². The summed E-state index contributed by atoms with van der Waals surface area (Å²) in [6.07, 6.45) is 9.64. The monoisotopic (exact) mass is 866 g/mol. The van der Waals surface area contributed by atoms with Gasteiger partial charge in [0, 0.05) is 41.2 Å². The van der Waals surface area contributed by atoms with Crippen LogP contribution in [0.5, 0.6) is 11.5 Å². The van der Waals surface area contributed by atoms with Gasteiger partial charge in [0.15, 0.2) is 5.78 Å². The molecule has 61 heavy (non-hydrogen) atoms. The number of nitrogens with one attached hydrogen (secondary N) is 1. The van der Waals surface area contributed by atoms with Gasteiger partial charge < -0.3 is 14.4 Å². The summed E-state index contributed by atoms with van der Waals surface area (Å²) in [5.41, 5.74) is 4.18. The van der Waals surface area contributed by atoms with E-state index in [2.05, 4.69) is 48.9 Å². The molecular weight excluding hydrogens is 809 g/mol. The fourth-order valence-electron chi connectivity index (χ4n) is 9.08. The Morgan fingerprint density at radius 2 is 1.80 bits per heavy atom. The Kier molecular flexibility index (Phi) is 11.9. The molecule has 0 spiro atoms. The van der Waals surface area contributed by atoms with Crippen LogP contribution in [0.25, 0.3) is 21.6 Å². The third-order valence-corrected chi connectivity index (χ3v) is 16.6. The molecule has 4 aromatic rings. The van der Waals surface area contributed by atoms with Crippen molar-refractivity contribution in [1.82, 2.24) is 19.6 Å². The van der Waals surface area contributed by atoms with Crippen molar-refractivity contribution >= 4 is 49.9 Å². The number of ether oxygens (including phenoxy) is 2. The minimum Gasteiger partial charge on any atom is -0.496 e. The van der Waals surface area contributed by atoms with E-state index in [1.807, 2.05) is 43.5 Å². The maximum Gasteiger partial charge on any atom is 0.240 e. The molecule has 4 heterocycles. The van der Waals surface area contributed by atoms with Gasteiger partial charge in [0.05, 0.1) is 41.1 Å². The number of sulfonamides is 1. The van der Waals surface area contributed by atoms with E-state index in [9.17, 15) is 18.0 Å². The quantitative estimate of drug-likeness (QED) is 0.155. The Hall–Kier alpha value is -4.62. The maximum absolute atomic E-state index is 15.0. The number of allylic oxidation sites excluding steroid dienone is 2. The second kappa shape index (κ2) is 16.9. The molecule has 1 saturated heterocycles. The molecule has 324 valence electrons. The number of ketones is 1. The summed E-state index contributed by atoms with van der Waals surface area (Å²) < 4.78 is 40.7. The van der Waals surface area contributed by atoms with Gasteiger partial charge in [-0.05, 0) is 95.2 Å². The molecule has 2 aromatic heterocycles. The number of aryl methyl sites for hydroxylation is 2. The number of fused-ring (bicyclic) bond motifs is 3. The highest BCUT2D eigenvalue weighted by molar-refractivity contribution is 7.91. The number of nitrogens with zero attached hydrogens (tertiary/aromatic N) is 3. The summed E-state index contributed by atoms with van der Waals surface area (Å²) in [5, 5.41) is 3.58. The van der Waals surface area contributed by atoms with Gasteiger partial charge in [-0.25, -0.2) is 18.4 Å². The van der Waals surface area contributed by atoms with Gasteiger partial charge in [0.1, 0.15) is 28.3 Å². The number of pyridine rings is 1. The van der Waals surface area contributed by atoms with Gasteiger partial charge in [-0.15, -0.1) is 11.3 Å². The molecule has 0 unspecified atom stereocenters. The van der Waals surface area contributed by atoms with E-state index < -0.39 is 38.2 Å². The zero-order valence-electron chi connectivity index (χ0n) is 36.2. The average molecular weight is 867 g/mol. The number of amides is 2. The predicted molar refractivity (Wildman–Crippen MR) is 238 cm³/mol. The van der Waals surface area contributed by atoms with Gasteiger partial charge in [-0.1, -0.05) is 68.7 Å². The maximum atomic E-state index is 15.0. The molecule has 3 fully saturated rings. The summed E-state index contributed by atoms with van der Waals surface area (Å²) in [5.74, 6) is -0.118. The van der Waals surface area contributed by atoms with Gasteiger partial charge >= 0.3 is 0 Å². The molecule has 8 rings (SSSR count).